The lowest BCUT2D eigenvalue weighted by molar-refractivity contribution is -0.384. The fraction of sp³-hybridized carbons (Fsp3) is 0.182. The van der Waals surface area contributed by atoms with Crippen LogP contribution in [0.2, 0.25) is 0 Å². The first kappa shape index (κ1) is 14.3. The Hall–Kier alpha value is -2.77. The van der Waals surface area contributed by atoms with Crippen molar-refractivity contribution in [3.63, 3.8) is 0 Å². The second-order valence-electron chi connectivity index (χ2n) is 3.21. The SMILES string of the molecule is O=[C-]CC(=O)OCC(=O)Oc1ccc([N+](=O)[O-])cc1. The Morgan fingerprint density at radius 1 is 1.21 bits per heavy atom. The molecule has 0 aliphatic rings. The number of hydrogen-bond acceptors (Lipinski definition) is 7. The van der Waals surface area contributed by atoms with Gasteiger partial charge in [0.15, 0.2) is 6.61 Å². The molecule has 0 spiro atoms. The molecule has 1 rings (SSSR count). The van der Waals surface area contributed by atoms with Crippen molar-refractivity contribution < 1.29 is 28.8 Å². The van der Waals surface area contributed by atoms with Gasteiger partial charge in [-0.05, 0) is 12.1 Å². The maximum Gasteiger partial charge on any atom is 0.349 e. The fourth-order valence-electron chi connectivity index (χ4n) is 1.05. The number of benzene rings is 1. The van der Waals surface area contributed by atoms with E-state index in [0.29, 0.717) is 0 Å². The Morgan fingerprint density at radius 2 is 1.84 bits per heavy atom. The number of carbonyl (C=O) groups is 2. The van der Waals surface area contributed by atoms with Crippen molar-refractivity contribution in [2.75, 3.05) is 6.61 Å². The predicted molar refractivity (Wildman–Crippen MR) is 60.0 cm³/mol. The number of carbonyl (C=O) groups excluding carboxylic acids is 3. The molecular weight excluding hydrogens is 258 g/mol. The summed E-state index contributed by atoms with van der Waals surface area (Å²) in [5.74, 6) is -1.68. The summed E-state index contributed by atoms with van der Waals surface area (Å²) in [5, 5.41) is 10.4. The number of hydrogen-bond donors (Lipinski definition) is 0. The molecule has 0 saturated heterocycles. The highest BCUT2D eigenvalue weighted by Crippen LogP contribution is 2.17. The highest BCUT2D eigenvalue weighted by Gasteiger charge is 2.09. The van der Waals surface area contributed by atoms with E-state index in [9.17, 15) is 24.5 Å². The van der Waals surface area contributed by atoms with Gasteiger partial charge in [0.05, 0.1) is 4.92 Å². The van der Waals surface area contributed by atoms with E-state index >= 15 is 0 Å². The van der Waals surface area contributed by atoms with E-state index in [0.717, 1.165) is 12.1 Å². The number of nitrogens with zero attached hydrogens (tertiary/aromatic N) is 1. The lowest BCUT2D eigenvalue weighted by Gasteiger charge is -2.05. The Labute approximate surface area is 107 Å². The van der Waals surface area contributed by atoms with E-state index < -0.39 is 29.9 Å². The zero-order valence-corrected chi connectivity index (χ0v) is 9.53. The summed E-state index contributed by atoms with van der Waals surface area (Å²) in [5.41, 5.74) is -0.146. The lowest BCUT2D eigenvalue weighted by Crippen LogP contribution is -2.18. The van der Waals surface area contributed by atoms with Gasteiger partial charge >= 0.3 is 5.97 Å². The molecule has 0 radical (unpaired) electrons. The first-order chi connectivity index (χ1) is 9.02. The quantitative estimate of drug-likeness (QED) is 0.184. The van der Waals surface area contributed by atoms with Crippen LogP contribution in [0.15, 0.2) is 24.3 Å². The van der Waals surface area contributed by atoms with Gasteiger partial charge in [0.25, 0.3) is 11.7 Å². The number of esters is 2. The number of nitro benzene ring substituents is 1. The summed E-state index contributed by atoms with van der Waals surface area (Å²) < 4.78 is 9.13. The second kappa shape index (κ2) is 6.84. The van der Waals surface area contributed by atoms with Gasteiger partial charge in [-0.1, -0.05) is 6.42 Å². The third-order valence-corrected chi connectivity index (χ3v) is 1.85. The first-order valence-corrected chi connectivity index (χ1v) is 4.98. The Balaban J connectivity index is 2.46. The van der Waals surface area contributed by atoms with Gasteiger partial charge in [0.2, 0.25) is 0 Å². The van der Waals surface area contributed by atoms with Crippen LogP contribution in [0.3, 0.4) is 0 Å². The summed E-state index contributed by atoms with van der Waals surface area (Å²) >= 11 is 0. The van der Waals surface area contributed by atoms with Gasteiger partial charge in [-0.15, -0.1) is 0 Å². The van der Waals surface area contributed by atoms with Crippen LogP contribution in [0.25, 0.3) is 0 Å². The van der Waals surface area contributed by atoms with Crippen molar-refractivity contribution in [3.05, 3.63) is 34.4 Å². The molecule has 0 aromatic heterocycles. The normalized spacial score (nSPS) is 9.47. The zero-order valence-electron chi connectivity index (χ0n) is 9.53. The van der Waals surface area contributed by atoms with Gasteiger partial charge in [-0.25, -0.2) is 4.79 Å². The highest BCUT2D eigenvalue weighted by atomic mass is 16.6. The van der Waals surface area contributed by atoms with Crippen LogP contribution in [0.4, 0.5) is 5.69 Å². The monoisotopic (exact) mass is 266 g/mol. The van der Waals surface area contributed by atoms with Crippen molar-refractivity contribution in [3.8, 4) is 5.75 Å². The average Bonchev–Trinajstić information content (AvgIpc) is 2.37. The smallest absolute Gasteiger partial charge is 0.349 e. The number of rotatable bonds is 6. The molecule has 0 bridgehead atoms. The zero-order chi connectivity index (χ0) is 14.3. The maximum absolute atomic E-state index is 11.2. The highest BCUT2D eigenvalue weighted by molar-refractivity contribution is 5.85. The van der Waals surface area contributed by atoms with Crippen LogP contribution in [0.1, 0.15) is 6.42 Å². The first-order valence-electron chi connectivity index (χ1n) is 4.98. The van der Waals surface area contributed by atoms with E-state index in [1.165, 1.54) is 18.4 Å². The lowest BCUT2D eigenvalue weighted by atomic mass is 10.3. The molecule has 8 nitrogen and oxygen atoms in total. The maximum atomic E-state index is 11.2. The molecule has 0 amide bonds. The van der Waals surface area contributed by atoms with Crippen LogP contribution in [-0.2, 0) is 19.1 Å². The molecule has 19 heavy (non-hydrogen) atoms. The van der Waals surface area contributed by atoms with E-state index in [2.05, 4.69) is 4.74 Å². The number of non-ortho nitro benzene ring substituents is 1. The van der Waals surface area contributed by atoms with Gasteiger partial charge in [0, 0.05) is 12.1 Å². The molecule has 0 unspecified atom stereocenters. The molecule has 0 saturated carbocycles. The molecule has 0 N–H and O–H groups in total. The minimum atomic E-state index is -0.893. The molecular formula is C11H8NO7-. The van der Waals surface area contributed by atoms with Crippen molar-refractivity contribution in [1.82, 2.24) is 0 Å². The van der Waals surface area contributed by atoms with Crippen LogP contribution >= 0.6 is 0 Å². The molecule has 0 heterocycles. The Bertz CT molecular complexity index is 494. The summed E-state index contributed by atoms with van der Waals surface area (Å²) in [6.07, 6.45) is 0.753. The molecule has 100 valence electrons. The van der Waals surface area contributed by atoms with Gasteiger partial charge < -0.3 is 14.3 Å². The van der Waals surface area contributed by atoms with Crippen molar-refractivity contribution >= 4 is 23.9 Å². The second-order valence-corrected chi connectivity index (χ2v) is 3.21. The summed E-state index contributed by atoms with van der Waals surface area (Å²) in [6.45, 7) is -0.655. The molecule has 0 aliphatic heterocycles. The Morgan fingerprint density at radius 3 is 2.37 bits per heavy atom. The molecule has 8 heteroatoms. The van der Waals surface area contributed by atoms with Crippen LogP contribution in [0, 0.1) is 10.1 Å². The third kappa shape index (κ3) is 4.94. The van der Waals surface area contributed by atoms with E-state index in [-0.39, 0.29) is 11.4 Å². The van der Waals surface area contributed by atoms with Crippen molar-refractivity contribution in [1.29, 1.82) is 0 Å². The summed E-state index contributed by atoms with van der Waals surface area (Å²) in [7, 11) is 0. The van der Waals surface area contributed by atoms with Gasteiger partial charge in [-0.2, -0.15) is 0 Å². The van der Waals surface area contributed by atoms with Crippen molar-refractivity contribution in [2.24, 2.45) is 0 Å². The molecule has 0 fully saturated rings. The summed E-state index contributed by atoms with van der Waals surface area (Å²) in [6, 6.07) is 4.79. The minimum Gasteiger partial charge on any atom is -0.541 e. The summed E-state index contributed by atoms with van der Waals surface area (Å²) in [4.78, 5) is 41.6. The van der Waals surface area contributed by atoms with Gasteiger partial charge in [-0.3, -0.25) is 21.2 Å². The van der Waals surface area contributed by atoms with E-state index in [4.69, 9.17) is 4.74 Å². The topological polar surface area (TPSA) is 113 Å². The Kier molecular flexibility index (Phi) is 5.15. The predicted octanol–water partition coefficient (Wildman–Crippen LogP) is 0.543. The van der Waals surface area contributed by atoms with E-state index in [1.807, 2.05) is 0 Å². The minimum absolute atomic E-state index is 0.0774. The molecule has 0 aliphatic carbocycles. The number of nitro groups is 1. The van der Waals surface area contributed by atoms with Gasteiger partial charge in [0.1, 0.15) is 5.75 Å². The third-order valence-electron chi connectivity index (χ3n) is 1.85. The van der Waals surface area contributed by atoms with E-state index in [1.54, 1.807) is 0 Å². The molecule has 0 atom stereocenters. The standard InChI is InChI=1S/C11H8NO7/c13-6-5-10(14)18-7-11(15)19-9-3-1-8(2-4-9)12(16)17/h1-4H,5,7H2/q-1. The van der Waals surface area contributed by atoms with Crippen LogP contribution in [-0.4, -0.2) is 29.8 Å². The van der Waals surface area contributed by atoms with Crippen molar-refractivity contribution in [2.45, 2.75) is 6.42 Å². The molecule has 1 aromatic carbocycles. The molecule has 1 aromatic rings. The number of ether oxygens (including phenoxy) is 2. The fourth-order valence-corrected chi connectivity index (χ4v) is 1.05. The van der Waals surface area contributed by atoms with Crippen LogP contribution < -0.4 is 4.74 Å². The average molecular weight is 266 g/mol. The largest absolute Gasteiger partial charge is 0.541 e. The van der Waals surface area contributed by atoms with Crippen LogP contribution in [0.5, 0.6) is 5.75 Å².